The van der Waals surface area contributed by atoms with Crippen molar-refractivity contribution in [1.29, 1.82) is 0 Å². The summed E-state index contributed by atoms with van der Waals surface area (Å²) in [4.78, 5) is 34.0. The second-order valence-electron chi connectivity index (χ2n) is 8.72. The third-order valence-corrected chi connectivity index (χ3v) is 6.98. The minimum absolute atomic E-state index is 0.0156. The highest BCUT2D eigenvalue weighted by atomic mass is 16.2. The number of nitrogens with zero attached hydrogens (tertiary/aromatic N) is 5. The summed E-state index contributed by atoms with van der Waals surface area (Å²) in [5, 5.41) is 7.33. The lowest BCUT2D eigenvalue weighted by molar-refractivity contribution is -0.120. The van der Waals surface area contributed by atoms with Crippen molar-refractivity contribution >= 4 is 17.5 Å². The van der Waals surface area contributed by atoms with E-state index in [2.05, 4.69) is 20.3 Å². The molecule has 0 saturated carbocycles. The fourth-order valence-corrected chi connectivity index (χ4v) is 5.75. The van der Waals surface area contributed by atoms with E-state index in [1.54, 1.807) is 23.8 Å². The first-order chi connectivity index (χ1) is 14.1. The molecule has 2 aromatic heterocycles. The van der Waals surface area contributed by atoms with Gasteiger partial charge in [0.25, 0.3) is 5.91 Å². The molecule has 3 aliphatic heterocycles. The minimum atomic E-state index is 0.0156. The molecule has 2 aromatic rings. The van der Waals surface area contributed by atoms with Crippen LogP contribution in [0.1, 0.15) is 43.0 Å². The molecule has 0 unspecified atom stereocenters. The van der Waals surface area contributed by atoms with Crippen molar-refractivity contribution in [3.8, 4) is 0 Å². The lowest BCUT2D eigenvalue weighted by atomic mass is 9.72. The number of hydrogen-bond donors (Lipinski definition) is 1. The maximum atomic E-state index is 13.4. The fourth-order valence-electron chi connectivity index (χ4n) is 5.75. The number of hydrogen-bond acceptors (Lipinski definition) is 5. The normalized spacial score (nSPS) is 29.5. The summed E-state index contributed by atoms with van der Waals surface area (Å²) in [6, 6.07) is 2.62. The van der Waals surface area contributed by atoms with E-state index in [-0.39, 0.29) is 11.8 Å². The molecule has 0 radical (unpaired) electrons. The molecule has 154 valence electrons. The molecule has 0 spiro atoms. The number of nitrogens with one attached hydrogen (secondary N) is 1. The highest BCUT2D eigenvalue weighted by Crippen LogP contribution is 2.41. The van der Waals surface area contributed by atoms with Gasteiger partial charge in [-0.25, -0.2) is 9.50 Å². The number of carbonyl (C=O) groups is 2. The first kappa shape index (κ1) is 18.5. The third-order valence-electron chi connectivity index (χ3n) is 6.98. The van der Waals surface area contributed by atoms with Gasteiger partial charge in [0.2, 0.25) is 5.91 Å². The summed E-state index contributed by atoms with van der Waals surface area (Å²) >= 11 is 0. The molecule has 0 aromatic carbocycles. The Morgan fingerprint density at radius 2 is 2.10 bits per heavy atom. The van der Waals surface area contributed by atoms with Crippen LogP contribution in [0.3, 0.4) is 0 Å². The number of rotatable bonds is 3. The van der Waals surface area contributed by atoms with Crippen LogP contribution in [0, 0.1) is 11.8 Å². The second-order valence-corrected chi connectivity index (χ2v) is 8.72. The van der Waals surface area contributed by atoms with E-state index < -0.39 is 0 Å². The van der Waals surface area contributed by atoms with Crippen LogP contribution in [0.4, 0.5) is 0 Å². The van der Waals surface area contributed by atoms with Gasteiger partial charge in [-0.05, 0) is 43.7 Å². The monoisotopic (exact) mass is 396 g/mol. The molecule has 1 N–H and O–H groups in total. The maximum absolute atomic E-state index is 13.4. The highest BCUT2D eigenvalue weighted by molar-refractivity contribution is 5.99. The lowest BCUT2D eigenvalue weighted by Crippen LogP contribution is -2.66. The van der Waals surface area contributed by atoms with Gasteiger partial charge in [0.1, 0.15) is 5.56 Å². The van der Waals surface area contributed by atoms with Gasteiger partial charge >= 0.3 is 0 Å². The predicted molar refractivity (Wildman–Crippen MR) is 107 cm³/mol. The van der Waals surface area contributed by atoms with Gasteiger partial charge in [-0.1, -0.05) is 6.42 Å². The van der Waals surface area contributed by atoms with Crippen molar-refractivity contribution < 1.29 is 9.59 Å². The predicted octanol–water partition coefficient (Wildman–Crippen LogP) is 1.18. The quantitative estimate of drug-likeness (QED) is 0.842. The van der Waals surface area contributed by atoms with Crippen LogP contribution in [0.25, 0.3) is 5.65 Å². The smallest absolute Gasteiger partial charge is 0.259 e. The first-order valence-electron chi connectivity index (χ1n) is 10.7. The Morgan fingerprint density at radius 3 is 2.97 bits per heavy atom. The Morgan fingerprint density at radius 1 is 1.24 bits per heavy atom. The molecule has 2 bridgehead atoms. The Labute approximate surface area is 170 Å². The summed E-state index contributed by atoms with van der Waals surface area (Å²) in [6.07, 6.45) is 9.95. The van der Waals surface area contributed by atoms with Gasteiger partial charge in [0, 0.05) is 51.0 Å². The van der Waals surface area contributed by atoms with Crippen molar-refractivity contribution in [1.82, 2.24) is 29.7 Å². The molecule has 8 heteroatoms. The van der Waals surface area contributed by atoms with Crippen molar-refractivity contribution in [3.63, 3.8) is 0 Å². The summed E-state index contributed by atoms with van der Waals surface area (Å²) in [5.74, 6) is 0.924. The number of aromatic nitrogens is 3. The van der Waals surface area contributed by atoms with Crippen LogP contribution in [-0.2, 0) is 4.79 Å². The van der Waals surface area contributed by atoms with E-state index in [1.807, 2.05) is 17.2 Å². The summed E-state index contributed by atoms with van der Waals surface area (Å²) in [6.45, 7) is 4.88. The summed E-state index contributed by atoms with van der Waals surface area (Å²) < 4.78 is 1.65. The van der Waals surface area contributed by atoms with Gasteiger partial charge in [-0.3, -0.25) is 14.5 Å². The maximum Gasteiger partial charge on any atom is 0.259 e. The summed E-state index contributed by atoms with van der Waals surface area (Å²) in [7, 11) is 0. The minimum Gasteiger partial charge on any atom is -0.355 e. The Bertz CT molecular complexity index is 927. The Hall–Kier alpha value is -2.48. The molecule has 29 heavy (non-hydrogen) atoms. The second kappa shape index (κ2) is 7.40. The average Bonchev–Trinajstić information content (AvgIpc) is 3.17. The van der Waals surface area contributed by atoms with Crippen LogP contribution < -0.4 is 5.32 Å². The van der Waals surface area contributed by atoms with E-state index in [4.69, 9.17) is 0 Å². The zero-order valence-electron chi connectivity index (χ0n) is 16.8. The first-order valence-corrected chi connectivity index (χ1v) is 10.7. The summed E-state index contributed by atoms with van der Waals surface area (Å²) in [5.41, 5.74) is 1.19. The number of likely N-dealkylation sites (tertiary alicyclic amines) is 1. The largest absolute Gasteiger partial charge is 0.355 e. The van der Waals surface area contributed by atoms with Gasteiger partial charge in [-0.2, -0.15) is 5.10 Å². The Balaban J connectivity index is 1.41. The molecule has 2 amide bonds. The molecular weight excluding hydrogens is 368 g/mol. The number of amides is 2. The van der Waals surface area contributed by atoms with Gasteiger partial charge in [0.05, 0.1) is 6.20 Å². The zero-order valence-corrected chi connectivity index (χ0v) is 16.8. The van der Waals surface area contributed by atoms with E-state index in [9.17, 15) is 9.59 Å². The number of fused-ring (bicyclic) bond motifs is 5. The topological polar surface area (TPSA) is 82.8 Å². The molecule has 3 fully saturated rings. The molecule has 3 saturated heterocycles. The van der Waals surface area contributed by atoms with E-state index in [0.29, 0.717) is 41.7 Å². The molecular formula is C21H28N6O2. The van der Waals surface area contributed by atoms with Crippen LogP contribution in [0.2, 0.25) is 0 Å². The molecule has 3 aliphatic rings. The van der Waals surface area contributed by atoms with Crippen molar-refractivity contribution in [3.05, 3.63) is 30.2 Å². The van der Waals surface area contributed by atoms with Crippen LogP contribution in [0.15, 0.2) is 24.7 Å². The van der Waals surface area contributed by atoms with Crippen molar-refractivity contribution in [2.24, 2.45) is 11.8 Å². The van der Waals surface area contributed by atoms with Crippen molar-refractivity contribution in [2.75, 3.05) is 26.2 Å². The lowest BCUT2D eigenvalue weighted by Gasteiger charge is -2.56. The molecule has 5 heterocycles. The third kappa shape index (κ3) is 3.29. The molecule has 0 aliphatic carbocycles. The Kier molecular flexibility index (Phi) is 4.73. The van der Waals surface area contributed by atoms with Crippen LogP contribution in [-0.4, -0.2) is 74.5 Å². The highest BCUT2D eigenvalue weighted by Gasteiger charge is 2.48. The van der Waals surface area contributed by atoms with Crippen molar-refractivity contribution in [2.45, 2.75) is 44.7 Å². The number of piperidine rings is 3. The van der Waals surface area contributed by atoms with E-state index in [1.165, 1.54) is 19.3 Å². The molecule has 4 atom stereocenters. The SMILES string of the molecule is CC(=O)NC[C@H]1[C@H]2C[C@H](CN(C(=O)c3cnn4cccnc34)C2)[C@@H]2CCCCN21. The fraction of sp³-hybridized carbons (Fsp3) is 0.619. The van der Waals surface area contributed by atoms with Gasteiger partial charge in [0.15, 0.2) is 5.65 Å². The molecule has 8 nitrogen and oxygen atoms in total. The van der Waals surface area contributed by atoms with Crippen LogP contribution in [0.5, 0.6) is 0 Å². The van der Waals surface area contributed by atoms with E-state index >= 15 is 0 Å². The number of carbonyl (C=O) groups excluding carboxylic acids is 2. The van der Waals surface area contributed by atoms with Gasteiger partial charge < -0.3 is 10.2 Å². The van der Waals surface area contributed by atoms with E-state index in [0.717, 1.165) is 26.1 Å². The average molecular weight is 396 g/mol. The zero-order chi connectivity index (χ0) is 20.0. The standard InChI is InChI=1S/C21H28N6O2/c1-14(28)23-11-19-16-9-15(18-5-2-3-7-26(18)19)12-25(13-16)21(29)17-10-24-27-8-4-6-22-20(17)27/h4,6,8,10,15-16,18-19H,2-3,5,7,9,11-13H2,1H3,(H,23,28)/t15-,16+,18+,19+/m1/s1. The van der Waals surface area contributed by atoms with Crippen LogP contribution >= 0.6 is 0 Å². The van der Waals surface area contributed by atoms with Gasteiger partial charge in [-0.15, -0.1) is 0 Å². The molecule has 5 rings (SSSR count).